The van der Waals surface area contributed by atoms with Crippen molar-refractivity contribution < 1.29 is 0 Å². The number of halogens is 2. The van der Waals surface area contributed by atoms with Crippen LogP contribution in [-0.2, 0) is 6.54 Å². The van der Waals surface area contributed by atoms with E-state index in [0.717, 1.165) is 0 Å². The SMILES string of the molecule is ClCCn1nnnc1Br. The molecule has 0 saturated heterocycles. The van der Waals surface area contributed by atoms with Crippen molar-refractivity contribution in [2.45, 2.75) is 6.54 Å². The number of hydrogen-bond donors (Lipinski definition) is 0. The molecule has 0 unspecified atom stereocenters. The molecule has 0 saturated carbocycles. The summed E-state index contributed by atoms with van der Waals surface area (Å²) in [5.41, 5.74) is 0. The Bertz CT molecular complexity index is 188. The smallest absolute Gasteiger partial charge is 0.218 e. The summed E-state index contributed by atoms with van der Waals surface area (Å²) in [6.07, 6.45) is 0. The molecule has 0 spiro atoms. The van der Waals surface area contributed by atoms with Gasteiger partial charge in [-0.05, 0) is 26.4 Å². The van der Waals surface area contributed by atoms with Crippen LogP contribution in [0.1, 0.15) is 0 Å². The molecule has 0 bridgehead atoms. The van der Waals surface area contributed by atoms with Crippen molar-refractivity contribution in [3.63, 3.8) is 0 Å². The lowest BCUT2D eigenvalue weighted by Gasteiger charge is -1.92. The van der Waals surface area contributed by atoms with Crippen molar-refractivity contribution in [2.75, 3.05) is 5.88 Å². The monoisotopic (exact) mass is 210 g/mol. The minimum Gasteiger partial charge on any atom is -0.219 e. The molecule has 1 rings (SSSR count). The maximum Gasteiger partial charge on any atom is 0.218 e. The molecule has 0 radical (unpaired) electrons. The highest BCUT2D eigenvalue weighted by Crippen LogP contribution is 2.00. The summed E-state index contributed by atoms with van der Waals surface area (Å²) >= 11 is 8.56. The summed E-state index contributed by atoms with van der Waals surface area (Å²) in [6.45, 7) is 0.634. The van der Waals surface area contributed by atoms with Crippen LogP contribution in [0.3, 0.4) is 0 Å². The van der Waals surface area contributed by atoms with Gasteiger partial charge in [-0.15, -0.1) is 16.7 Å². The first kappa shape index (κ1) is 6.95. The van der Waals surface area contributed by atoms with Crippen LogP contribution in [0, 0.1) is 0 Å². The van der Waals surface area contributed by atoms with Gasteiger partial charge in [0.25, 0.3) is 0 Å². The molecule has 0 aliphatic heterocycles. The highest BCUT2D eigenvalue weighted by molar-refractivity contribution is 9.10. The number of aromatic nitrogens is 4. The maximum atomic E-state index is 5.43. The van der Waals surface area contributed by atoms with Crippen molar-refractivity contribution >= 4 is 27.5 Å². The van der Waals surface area contributed by atoms with Crippen LogP contribution in [-0.4, -0.2) is 26.1 Å². The molecule has 0 atom stereocenters. The normalized spacial score (nSPS) is 10.0. The van der Waals surface area contributed by atoms with Crippen LogP contribution in [0.25, 0.3) is 0 Å². The third-order valence-corrected chi connectivity index (χ3v) is 1.52. The first-order valence-electron chi connectivity index (χ1n) is 2.32. The Kier molecular flexibility index (Phi) is 2.41. The average Bonchev–Trinajstić information content (AvgIpc) is 2.18. The van der Waals surface area contributed by atoms with E-state index in [1.54, 1.807) is 4.68 Å². The Morgan fingerprint density at radius 2 is 2.44 bits per heavy atom. The van der Waals surface area contributed by atoms with Gasteiger partial charge in [0.05, 0.1) is 6.54 Å². The molecular formula is C3H4BrClN4. The van der Waals surface area contributed by atoms with Crippen molar-refractivity contribution in [1.29, 1.82) is 0 Å². The van der Waals surface area contributed by atoms with Gasteiger partial charge in [-0.1, -0.05) is 0 Å². The van der Waals surface area contributed by atoms with Crippen LogP contribution in [0.15, 0.2) is 4.73 Å². The highest BCUT2D eigenvalue weighted by atomic mass is 79.9. The quantitative estimate of drug-likeness (QED) is 0.676. The standard InChI is InChI=1S/C3H4BrClN4/c4-3-6-7-8-9(3)2-1-5/h1-2H2. The minimum absolute atomic E-state index is 0.518. The second-order valence-electron chi connectivity index (χ2n) is 1.36. The van der Waals surface area contributed by atoms with E-state index in [-0.39, 0.29) is 0 Å². The van der Waals surface area contributed by atoms with Crippen LogP contribution >= 0.6 is 27.5 Å². The topological polar surface area (TPSA) is 43.6 Å². The zero-order chi connectivity index (χ0) is 6.69. The van der Waals surface area contributed by atoms with Crippen molar-refractivity contribution in [3.05, 3.63) is 4.73 Å². The fraction of sp³-hybridized carbons (Fsp3) is 0.667. The van der Waals surface area contributed by atoms with Gasteiger partial charge in [0.1, 0.15) is 0 Å². The average molecular weight is 211 g/mol. The van der Waals surface area contributed by atoms with E-state index in [0.29, 0.717) is 17.2 Å². The Hall–Kier alpha value is -0.160. The van der Waals surface area contributed by atoms with E-state index in [9.17, 15) is 0 Å². The molecule has 9 heavy (non-hydrogen) atoms. The van der Waals surface area contributed by atoms with Crippen molar-refractivity contribution in [2.24, 2.45) is 0 Å². The predicted octanol–water partition coefficient (Wildman–Crippen LogP) is 0.674. The van der Waals surface area contributed by atoms with Crippen LogP contribution < -0.4 is 0 Å². The first-order chi connectivity index (χ1) is 4.34. The molecule has 4 nitrogen and oxygen atoms in total. The Morgan fingerprint density at radius 1 is 1.67 bits per heavy atom. The number of alkyl halides is 1. The molecule has 6 heteroatoms. The lowest BCUT2D eigenvalue weighted by molar-refractivity contribution is 0.619. The summed E-state index contributed by atoms with van der Waals surface area (Å²) in [6, 6.07) is 0. The summed E-state index contributed by atoms with van der Waals surface area (Å²) in [5, 5.41) is 10.6. The summed E-state index contributed by atoms with van der Waals surface area (Å²) < 4.78 is 2.19. The summed E-state index contributed by atoms with van der Waals surface area (Å²) in [7, 11) is 0. The number of hydrogen-bond acceptors (Lipinski definition) is 3. The van der Waals surface area contributed by atoms with E-state index in [2.05, 4.69) is 31.5 Å². The van der Waals surface area contributed by atoms with Gasteiger partial charge < -0.3 is 0 Å². The molecule has 0 aliphatic carbocycles. The highest BCUT2D eigenvalue weighted by Gasteiger charge is 1.97. The van der Waals surface area contributed by atoms with Crippen molar-refractivity contribution in [1.82, 2.24) is 20.2 Å². The van der Waals surface area contributed by atoms with Crippen molar-refractivity contribution in [3.8, 4) is 0 Å². The molecule has 0 amide bonds. The van der Waals surface area contributed by atoms with E-state index in [1.165, 1.54) is 0 Å². The number of tetrazole rings is 1. The van der Waals surface area contributed by atoms with Gasteiger partial charge in [-0.3, -0.25) is 0 Å². The van der Waals surface area contributed by atoms with Gasteiger partial charge in [0, 0.05) is 5.88 Å². The number of nitrogens with zero attached hydrogens (tertiary/aromatic N) is 4. The van der Waals surface area contributed by atoms with Gasteiger partial charge in [-0.2, -0.15) is 0 Å². The van der Waals surface area contributed by atoms with Gasteiger partial charge >= 0.3 is 0 Å². The third kappa shape index (κ3) is 1.62. The second kappa shape index (κ2) is 3.12. The fourth-order valence-corrected chi connectivity index (χ4v) is 0.890. The van der Waals surface area contributed by atoms with Gasteiger partial charge in [0.2, 0.25) is 4.73 Å². The van der Waals surface area contributed by atoms with E-state index in [1.807, 2.05) is 0 Å². The van der Waals surface area contributed by atoms with Crippen LogP contribution in [0.4, 0.5) is 0 Å². The first-order valence-corrected chi connectivity index (χ1v) is 3.65. The fourth-order valence-electron chi connectivity index (χ4n) is 0.411. The van der Waals surface area contributed by atoms with E-state index >= 15 is 0 Å². The number of aryl methyl sites for hydroxylation is 1. The molecule has 0 fully saturated rings. The molecule has 0 N–H and O–H groups in total. The van der Waals surface area contributed by atoms with Crippen LogP contribution in [0.2, 0.25) is 0 Å². The Morgan fingerprint density at radius 3 is 2.89 bits per heavy atom. The molecule has 1 aromatic heterocycles. The number of rotatable bonds is 2. The summed E-state index contributed by atoms with van der Waals surface area (Å²) in [4.78, 5) is 0. The van der Waals surface area contributed by atoms with Crippen LogP contribution in [0.5, 0.6) is 0 Å². The van der Waals surface area contributed by atoms with Gasteiger partial charge in [-0.25, -0.2) is 4.68 Å². The predicted molar refractivity (Wildman–Crippen MR) is 36.2 cm³/mol. The zero-order valence-electron chi connectivity index (χ0n) is 4.46. The minimum atomic E-state index is 0.518. The lowest BCUT2D eigenvalue weighted by atomic mass is 10.8. The van der Waals surface area contributed by atoms with Gasteiger partial charge in [0.15, 0.2) is 0 Å². The maximum absolute atomic E-state index is 5.43. The lowest BCUT2D eigenvalue weighted by Crippen LogP contribution is -2.01. The molecule has 0 aromatic carbocycles. The Balaban J connectivity index is 2.69. The largest absolute Gasteiger partial charge is 0.219 e. The zero-order valence-corrected chi connectivity index (χ0v) is 6.80. The molecule has 0 aliphatic rings. The Labute approximate surface area is 65.3 Å². The molecule has 1 aromatic rings. The van der Waals surface area contributed by atoms with E-state index in [4.69, 9.17) is 11.6 Å². The molecule has 50 valence electrons. The summed E-state index contributed by atoms with van der Waals surface area (Å²) in [5.74, 6) is 0.518. The molecular weight excluding hydrogens is 207 g/mol. The van der Waals surface area contributed by atoms with E-state index < -0.39 is 0 Å². The third-order valence-electron chi connectivity index (χ3n) is 0.785. The second-order valence-corrected chi connectivity index (χ2v) is 2.45. The molecule has 1 heterocycles.